The van der Waals surface area contributed by atoms with E-state index in [9.17, 15) is 14.7 Å². The van der Waals surface area contributed by atoms with Crippen molar-refractivity contribution in [2.24, 2.45) is 5.92 Å². The summed E-state index contributed by atoms with van der Waals surface area (Å²) in [4.78, 5) is 28.9. The van der Waals surface area contributed by atoms with E-state index in [1.807, 2.05) is 48.5 Å². The second kappa shape index (κ2) is 7.87. The molecule has 162 valence electrons. The molecule has 1 aliphatic carbocycles. The molecule has 32 heavy (non-hydrogen) atoms. The summed E-state index contributed by atoms with van der Waals surface area (Å²) in [6, 6.07) is 20.4. The van der Waals surface area contributed by atoms with E-state index in [1.54, 1.807) is 30.2 Å². The standard InChI is InChI=1S/C26H22BrNO4/c1-32-19-9-10-20-17(13-19)7-11-21(24(20)29)26(31)22-14-18(27)8-12-23(22)28(25(26)30)15-16-5-3-2-4-6-16/h2-6,8-10,12-14,21,31H,7,11,15H2,1H3. The van der Waals surface area contributed by atoms with Crippen LogP contribution in [-0.2, 0) is 23.4 Å². The highest BCUT2D eigenvalue weighted by molar-refractivity contribution is 9.10. The molecule has 3 aromatic rings. The minimum atomic E-state index is -1.91. The van der Waals surface area contributed by atoms with E-state index in [-0.39, 0.29) is 5.78 Å². The third-order valence-corrected chi connectivity index (χ3v) is 7.01. The molecule has 0 aromatic heterocycles. The number of hydrogen-bond donors (Lipinski definition) is 1. The molecular formula is C26H22BrNO4. The summed E-state index contributed by atoms with van der Waals surface area (Å²) in [5.41, 5.74) is 1.58. The number of benzene rings is 3. The number of aliphatic hydroxyl groups is 1. The van der Waals surface area contributed by atoms with Crippen LogP contribution in [0, 0.1) is 5.92 Å². The zero-order valence-corrected chi connectivity index (χ0v) is 19.1. The van der Waals surface area contributed by atoms with Gasteiger partial charge in [0.2, 0.25) is 0 Å². The van der Waals surface area contributed by atoms with Crippen molar-refractivity contribution in [2.75, 3.05) is 12.0 Å². The quantitative estimate of drug-likeness (QED) is 0.577. The van der Waals surface area contributed by atoms with Crippen LogP contribution in [0.5, 0.6) is 5.75 Å². The third-order valence-electron chi connectivity index (χ3n) is 6.52. The lowest BCUT2D eigenvalue weighted by molar-refractivity contribution is -0.140. The lowest BCUT2D eigenvalue weighted by Gasteiger charge is -2.34. The number of aryl methyl sites for hydroxylation is 1. The van der Waals surface area contributed by atoms with Crippen LogP contribution in [0.2, 0.25) is 0 Å². The van der Waals surface area contributed by atoms with Crippen LogP contribution < -0.4 is 9.64 Å². The van der Waals surface area contributed by atoms with Gasteiger partial charge in [0, 0.05) is 15.6 Å². The van der Waals surface area contributed by atoms with Crippen LogP contribution >= 0.6 is 15.9 Å². The van der Waals surface area contributed by atoms with Crippen LogP contribution in [0.3, 0.4) is 0 Å². The Kier molecular flexibility index (Phi) is 5.14. The van der Waals surface area contributed by atoms with Gasteiger partial charge in [-0.1, -0.05) is 46.3 Å². The second-order valence-electron chi connectivity index (χ2n) is 8.28. The summed E-state index contributed by atoms with van der Waals surface area (Å²) >= 11 is 3.46. The molecule has 3 aromatic carbocycles. The van der Waals surface area contributed by atoms with Crippen molar-refractivity contribution >= 4 is 33.3 Å². The van der Waals surface area contributed by atoms with Gasteiger partial charge in [0.1, 0.15) is 5.75 Å². The number of ether oxygens (including phenoxy) is 1. The van der Waals surface area contributed by atoms with Gasteiger partial charge in [-0.15, -0.1) is 0 Å². The number of carbonyl (C=O) groups is 2. The van der Waals surface area contributed by atoms with E-state index >= 15 is 0 Å². The molecule has 0 bridgehead atoms. The summed E-state index contributed by atoms with van der Waals surface area (Å²) in [5.74, 6) is -0.833. The van der Waals surface area contributed by atoms with Crippen molar-refractivity contribution in [3.8, 4) is 5.75 Å². The van der Waals surface area contributed by atoms with Crippen LogP contribution in [0.4, 0.5) is 5.69 Å². The predicted molar refractivity (Wildman–Crippen MR) is 125 cm³/mol. The fourth-order valence-electron chi connectivity index (χ4n) is 4.90. The minimum absolute atomic E-state index is 0.211. The number of rotatable bonds is 4. The summed E-state index contributed by atoms with van der Waals surface area (Å²) in [6.07, 6.45) is 0.965. The minimum Gasteiger partial charge on any atom is -0.497 e. The topological polar surface area (TPSA) is 66.8 Å². The number of methoxy groups -OCH3 is 1. The molecule has 1 heterocycles. The largest absolute Gasteiger partial charge is 0.497 e. The van der Waals surface area contributed by atoms with E-state index in [0.717, 1.165) is 15.6 Å². The molecule has 1 N–H and O–H groups in total. The Morgan fingerprint density at radius 1 is 1.09 bits per heavy atom. The number of anilines is 1. The third kappa shape index (κ3) is 3.17. The molecule has 5 rings (SSSR count). The number of amides is 1. The molecule has 2 unspecified atom stereocenters. The van der Waals surface area contributed by atoms with Gasteiger partial charge in [0.25, 0.3) is 5.91 Å². The first-order valence-electron chi connectivity index (χ1n) is 10.5. The normalized spacial score (nSPS) is 22.0. The maximum Gasteiger partial charge on any atom is 0.264 e. The van der Waals surface area contributed by atoms with Crippen molar-refractivity contribution in [3.63, 3.8) is 0 Å². The number of hydrogen-bond acceptors (Lipinski definition) is 4. The first kappa shape index (κ1) is 20.9. The van der Waals surface area contributed by atoms with Crippen LogP contribution in [0.15, 0.2) is 71.2 Å². The van der Waals surface area contributed by atoms with Gasteiger partial charge in [-0.2, -0.15) is 0 Å². The molecule has 2 aliphatic rings. The zero-order chi connectivity index (χ0) is 22.5. The molecule has 0 radical (unpaired) electrons. The highest BCUT2D eigenvalue weighted by Crippen LogP contribution is 2.49. The summed E-state index contributed by atoms with van der Waals surface area (Å²) in [6.45, 7) is 0.325. The molecule has 1 aliphatic heterocycles. The molecule has 2 atom stereocenters. The van der Waals surface area contributed by atoms with E-state index < -0.39 is 17.4 Å². The smallest absolute Gasteiger partial charge is 0.264 e. The maximum atomic E-state index is 13.7. The highest BCUT2D eigenvalue weighted by Gasteiger charge is 2.57. The first-order chi connectivity index (χ1) is 15.4. The fourth-order valence-corrected chi connectivity index (χ4v) is 5.26. The lowest BCUT2D eigenvalue weighted by atomic mass is 9.71. The molecule has 1 amide bonds. The Balaban J connectivity index is 1.58. The van der Waals surface area contributed by atoms with E-state index in [4.69, 9.17) is 4.74 Å². The first-order valence-corrected chi connectivity index (χ1v) is 11.3. The SMILES string of the molecule is COc1ccc2c(c1)CCC(C1(O)C(=O)N(Cc3ccccc3)c3ccc(Br)cc31)C2=O. The number of ketones is 1. The number of carbonyl (C=O) groups excluding carboxylic acids is 2. The van der Waals surface area contributed by atoms with Gasteiger partial charge in [-0.3, -0.25) is 9.59 Å². The van der Waals surface area contributed by atoms with E-state index in [0.29, 0.717) is 42.0 Å². The summed E-state index contributed by atoms with van der Waals surface area (Å²) in [7, 11) is 1.59. The fraction of sp³-hybridized carbons (Fsp3) is 0.231. The average Bonchev–Trinajstić information content (AvgIpc) is 3.01. The van der Waals surface area contributed by atoms with Gasteiger partial charge < -0.3 is 14.7 Å². The Morgan fingerprint density at radius 3 is 2.62 bits per heavy atom. The average molecular weight is 492 g/mol. The van der Waals surface area contributed by atoms with Crippen LogP contribution in [-0.4, -0.2) is 23.9 Å². The Morgan fingerprint density at radius 2 is 1.88 bits per heavy atom. The van der Waals surface area contributed by atoms with Gasteiger partial charge >= 0.3 is 0 Å². The molecule has 0 spiro atoms. The van der Waals surface area contributed by atoms with E-state index in [1.165, 1.54) is 0 Å². The monoisotopic (exact) mass is 491 g/mol. The van der Waals surface area contributed by atoms with Crippen molar-refractivity contribution < 1.29 is 19.4 Å². The number of halogens is 1. The predicted octanol–water partition coefficient (Wildman–Crippen LogP) is 4.64. The van der Waals surface area contributed by atoms with Crippen LogP contribution in [0.25, 0.3) is 0 Å². The number of Topliss-reactive ketones (excluding diaryl/α,β-unsaturated/α-hetero) is 1. The van der Waals surface area contributed by atoms with Crippen molar-refractivity contribution in [2.45, 2.75) is 25.0 Å². The molecule has 6 heteroatoms. The molecule has 0 fully saturated rings. The second-order valence-corrected chi connectivity index (χ2v) is 9.20. The zero-order valence-electron chi connectivity index (χ0n) is 17.5. The van der Waals surface area contributed by atoms with Crippen LogP contribution in [0.1, 0.15) is 33.5 Å². The lowest BCUT2D eigenvalue weighted by Crippen LogP contribution is -2.49. The summed E-state index contributed by atoms with van der Waals surface area (Å²) in [5, 5.41) is 11.9. The van der Waals surface area contributed by atoms with Gasteiger partial charge in [-0.05, 0) is 60.4 Å². The highest BCUT2D eigenvalue weighted by atomic mass is 79.9. The molecular weight excluding hydrogens is 470 g/mol. The van der Waals surface area contributed by atoms with Gasteiger partial charge in [0.05, 0.1) is 25.3 Å². The molecule has 5 nitrogen and oxygen atoms in total. The van der Waals surface area contributed by atoms with E-state index in [2.05, 4.69) is 15.9 Å². The summed E-state index contributed by atoms with van der Waals surface area (Å²) < 4.78 is 6.03. The molecule has 0 saturated heterocycles. The van der Waals surface area contributed by atoms with Crippen molar-refractivity contribution in [3.05, 3.63) is 93.5 Å². The number of fused-ring (bicyclic) bond motifs is 2. The Hall–Kier alpha value is -2.96. The van der Waals surface area contributed by atoms with Crippen molar-refractivity contribution in [1.29, 1.82) is 0 Å². The Labute approximate surface area is 194 Å². The van der Waals surface area contributed by atoms with Gasteiger partial charge in [-0.25, -0.2) is 0 Å². The molecule has 0 saturated carbocycles. The van der Waals surface area contributed by atoms with Gasteiger partial charge in [0.15, 0.2) is 11.4 Å². The maximum absolute atomic E-state index is 13.7. The Bertz CT molecular complexity index is 1230. The van der Waals surface area contributed by atoms with Crippen molar-refractivity contribution in [1.82, 2.24) is 0 Å². The number of nitrogens with zero attached hydrogens (tertiary/aromatic N) is 1.